The lowest BCUT2D eigenvalue weighted by atomic mass is 9.92. The highest BCUT2D eigenvalue weighted by atomic mass is 19.1. The first kappa shape index (κ1) is 19.6. The van der Waals surface area contributed by atoms with Crippen LogP contribution in [0.3, 0.4) is 0 Å². The van der Waals surface area contributed by atoms with Crippen molar-refractivity contribution >= 4 is 33.4 Å². The van der Waals surface area contributed by atoms with Gasteiger partial charge in [-0.15, -0.1) is 0 Å². The molecule has 30 heavy (non-hydrogen) atoms. The Hall–Kier alpha value is -3.73. The normalized spacial score (nSPS) is 11.9. The lowest BCUT2D eigenvalue weighted by Gasteiger charge is -2.19. The van der Waals surface area contributed by atoms with E-state index in [-0.39, 0.29) is 12.0 Å². The zero-order valence-electron chi connectivity index (χ0n) is 16.4. The third kappa shape index (κ3) is 3.87. The van der Waals surface area contributed by atoms with Crippen molar-refractivity contribution in [3.63, 3.8) is 0 Å². The molecule has 4 aromatic carbocycles. The van der Waals surface area contributed by atoms with E-state index in [1.807, 2.05) is 48.5 Å². The Bertz CT molecular complexity index is 1180. The van der Waals surface area contributed by atoms with Crippen molar-refractivity contribution in [3.8, 4) is 0 Å². The highest BCUT2D eigenvalue weighted by Gasteiger charge is 2.24. The molecule has 0 saturated carbocycles. The molecule has 0 aliphatic rings. The van der Waals surface area contributed by atoms with Gasteiger partial charge in [-0.1, -0.05) is 48.5 Å². The number of fused-ring (bicyclic) bond motifs is 2. The van der Waals surface area contributed by atoms with Gasteiger partial charge in [0.15, 0.2) is 0 Å². The summed E-state index contributed by atoms with van der Waals surface area (Å²) in [7, 11) is 1.29. The number of hydrogen-bond acceptors (Lipinski definition) is 3. The minimum Gasteiger partial charge on any atom is -0.467 e. The van der Waals surface area contributed by atoms with Crippen molar-refractivity contribution in [2.75, 3.05) is 7.11 Å². The molecule has 0 unspecified atom stereocenters. The first-order valence-corrected chi connectivity index (χ1v) is 9.60. The number of amides is 1. The molecule has 0 aliphatic heterocycles. The molecule has 0 saturated heterocycles. The molecule has 5 heteroatoms. The summed E-state index contributed by atoms with van der Waals surface area (Å²) in [5.74, 6) is -1.43. The second-order valence-electron chi connectivity index (χ2n) is 7.06. The molecule has 0 aliphatic carbocycles. The third-order valence-corrected chi connectivity index (χ3v) is 5.19. The van der Waals surface area contributed by atoms with Crippen molar-refractivity contribution in [1.82, 2.24) is 5.32 Å². The van der Waals surface area contributed by atoms with Crippen molar-refractivity contribution in [2.45, 2.75) is 12.5 Å². The maximum absolute atomic E-state index is 13.2. The summed E-state index contributed by atoms with van der Waals surface area (Å²) in [6.07, 6.45) is 0.265. The molecule has 0 aromatic heterocycles. The van der Waals surface area contributed by atoms with Crippen LogP contribution < -0.4 is 5.32 Å². The summed E-state index contributed by atoms with van der Waals surface area (Å²) < 4.78 is 18.1. The Balaban J connectivity index is 1.74. The highest BCUT2D eigenvalue weighted by molar-refractivity contribution is 6.03. The van der Waals surface area contributed by atoms with Crippen LogP contribution in [-0.4, -0.2) is 25.0 Å². The van der Waals surface area contributed by atoms with E-state index in [9.17, 15) is 14.0 Å². The van der Waals surface area contributed by atoms with Crippen LogP contribution in [0.4, 0.5) is 4.39 Å². The fraction of sp³-hybridized carbons (Fsp3) is 0.120. The first-order valence-electron chi connectivity index (χ1n) is 9.60. The quantitative estimate of drug-likeness (QED) is 0.391. The van der Waals surface area contributed by atoms with Crippen molar-refractivity contribution in [1.29, 1.82) is 0 Å². The van der Waals surface area contributed by atoms with Crippen LogP contribution in [0.5, 0.6) is 0 Å². The van der Waals surface area contributed by atoms with Gasteiger partial charge < -0.3 is 10.1 Å². The molecular weight excluding hydrogens is 381 g/mol. The molecule has 0 fully saturated rings. The lowest BCUT2D eigenvalue weighted by molar-refractivity contribution is -0.142. The zero-order chi connectivity index (χ0) is 21.1. The molecule has 4 rings (SSSR count). The maximum Gasteiger partial charge on any atom is 0.328 e. The van der Waals surface area contributed by atoms with Gasteiger partial charge in [-0.2, -0.15) is 0 Å². The van der Waals surface area contributed by atoms with Gasteiger partial charge in [-0.05, 0) is 57.4 Å². The van der Waals surface area contributed by atoms with Gasteiger partial charge in [0.1, 0.15) is 11.9 Å². The summed E-state index contributed by atoms with van der Waals surface area (Å²) in [5, 5.41) is 6.89. The topological polar surface area (TPSA) is 55.4 Å². The molecule has 4 nitrogen and oxygen atoms in total. The standard InChI is InChI=1S/C25H20FNO3/c1-30-25(29)23(27-24(28)16-10-12-19(26)13-11-16)15-22-20-8-4-2-6-17(20)14-18-7-3-5-9-21(18)22/h2-14,23H,15H2,1H3,(H,27,28)/t23-/m0/s1. The smallest absolute Gasteiger partial charge is 0.328 e. The van der Waals surface area contributed by atoms with Gasteiger partial charge in [-0.25, -0.2) is 9.18 Å². The fourth-order valence-corrected chi connectivity index (χ4v) is 3.71. The van der Waals surface area contributed by atoms with E-state index in [1.54, 1.807) is 0 Å². The number of carbonyl (C=O) groups excluding carboxylic acids is 2. The Morgan fingerprint density at radius 2 is 1.47 bits per heavy atom. The minimum atomic E-state index is -0.887. The monoisotopic (exact) mass is 401 g/mol. The van der Waals surface area contributed by atoms with Crippen LogP contribution in [0.2, 0.25) is 0 Å². The van der Waals surface area contributed by atoms with E-state index in [2.05, 4.69) is 11.4 Å². The number of benzene rings is 4. The second-order valence-corrected chi connectivity index (χ2v) is 7.06. The number of methoxy groups -OCH3 is 1. The van der Waals surface area contributed by atoms with Gasteiger partial charge in [0.05, 0.1) is 7.11 Å². The molecule has 150 valence electrons. The first-order chi connectivity index (χ1) is 14.6. The number of ether oxygens (including phenoxy) is 1. The van der Waals surface area contributed by atoms with Crippen LogP contribution in [-0.2, 0) is 16.0 Å². The highest BCUT2D eigenvalue weighted by Crippen LogP contribution is 2.29. The van der Waals surface area contributed by atoms with E-state index in [0.717, 1.165) is 27.1 Å². The molecule has 4 aromatic rings. The van der Waals surface area contributed by atoms with Gasteiger partial charge in [0.25, 0.3) is 5.91 Å². The number of nitrogens with one attached hydrogen (secondary N) is 1. The summed E-state index contributed by atoms with van der Waals surface area (Å²) in [6, 6.07) is 22.3. The minimum absolute atomic E-state index is 0.265. The van der Waals surface area contributed by atoms with Crippen molar-refractivity contribution in [3.05, 3.63) is 95.8 Å². The number of hydrogen-bond donors (Lipinski definition) is 1. The Labute approximate surface area is 173 Å². The average Bonchev–Trinajstić information content (AvgIpc) is 2.78. The Morgan fingerprint density at radius 1 is 0.900 bits per heavy atom. The number of carbonyl (C=O) groups is 2. The van der Waals surface area contributed by atoms with E-state index < -0.39 is 23.7 Å². The van der Waals surface area contributed by atoms with Crippen LogP contribution in [0.1, 0.15) is 15.9 Å². The SMILES string of the molecule is COC(=O)[C@H](Cc1c2ccccc2cc2ccccc12)NC(=O)c1ccc(F)cc1. The maximum atomic E-state index is 13.2. The summed E-state index contributed by atoms with van der Waals surface area (Å²) in [5.41, 5.74) is 1.23. The van der Waals surface area contributed by atoms with Gasteiger partial charge >= 0.3 is 5.97 Å². The molecular formula is C25H20FNO3. The number of halogens is 1. The van der Waals surface area contributed by atoms with E-state index in [1.165, 1.54) is 31.4 Å². The van der Waals surface area contributed by atoms with Crippen LogP contribution in [0.15, 0.2) is 78.9 Å². The van der Waals surface area contributed by atoms with Crippen LogP contribution in [0.25, 0.3) is 21.5 Å². The molecule has 0 spiro atoms. The van der Waals surface area contributed by atoms with Crippen molar-refractivity contribution < 1.29 is 18.7 Å². The summed E-state index contributed by atoms with van der Waals surface area (Å²) in [6.45, 7) is 0. The molecule has 1 N–H and O–H groups in total. The number of esters is 1. The Kier molecular flexibility index (Phi) is 5.44. The molecule has 1 amide bonds. The fourth-order valence-electron chi connectivity index (χ4n) is 3.71. The molecule has 1 atom stereocenters. The third-order valence-electron chi connectivity index (χ3n) is 5.19. The molecule has 0 bridgehead atoms. The second kappa shape index (κ2) is 8.33. The van der Waals surface area contributed by atoms with Gasteiger partial charge in [0.2, 0.25) is 0 Å². The average molecular weight is 401 g/mol. The summed E-state index contributed by atoms with van der Waals surface area (Å²) in [4.78, 5) is 25.2. The van der Waals surface area contributed by atoms with Crippen LogP contribution >= 0.6 is 0 Å². The van der Waals surface area contributed by atoms with E-state index >= 15 is 0 Å². The summed E-state index contributed by atoms with van der Waals surface area (Å²) >= 11 is 0. The van der Waals surface area contributed by atoms with Gasteiger partial charge in [0, 0.05) is 12.0 Å². The lowest BCUT2D eigenvalue weighted by Crippen LogP contribution is -2.43. The molecule has 0 radical (unpaired) electrons. The predicted octanol–water partition coefficient (Wildman–Crippen LogP) is 4.65. The van der Waals surface area contributed by atoms with Crippen molar-refractivity contribution in [2.24, 2.45) is 0 Å². The van der Waals surface area contributed by atoms with Crippen LogP contribution in [0, 0.1) is 5.82 Å². The van der Waals surface area contributed by atoms with E-state index in [0.29, 0.717) is 0 Å². The Morgan fingerprint density at radius 3 is 2.03 bits per heavy atom. The largest absolute Gasteiger partial charge is 0.467 e. The molecule has 0 heterocycles. The van der Waals surface area contributed by atoms with Gasteiger partial charge in [-0.3, -0.25) is 4.79 Å². The zero-order valence-corrected chi connectivity index (χ0v) is 16.4. The number of rotatable bonds is 5. The predicted molar refractivity (Wildman–Crippen MR) is 115 cm³/mol. The van der Waals surface area contributed by atoms with E-state index in [4.69, 9.17) is 4.74 Å².